The molecule has 0 atom stereocenters. The molecule has 1 aliphatic rings. The zero-order valence-corrected chi connectivity index (χ0v) is 29.1. The SMILES string of the molecule is CC(C)(C)c1ccc(-c2ccccc2)c(N2[CH-]N(c3[c-]c(Oc4cccc(-n5ccc6ccc[c-]c65)n4)ccc3)c3ccccc32)c1.[Pt]. The van der Waals surface area contributed by atoms with Gasteiger partial charge in [0.15, 0.2) is 0 Å². The Balaban J connectivity index is 0.00000364. The maximum atomic E-state index is 6.31. The average molecular weight is 805 g/mol. The zero-order chi connectivity index (χ0) is 32.0. The van der Waals surface area contributed by atoms with E-state index in [4.69, 9.17) is 9.72 Å². The minimum Gasteiger partial charge on any atom is -0.493 e. The number of hydrogen-bond acceptors (Lipinski definition) is 4. The average Bonchev–Trinajstić information content (AvgIpc) is 3.71. The van der Waals surface area contributed by atoms with E-state index in [0.29, 0.717) is 11.6 Å². The van der Waals surface area contributed by atoms with Crippen LogP contribution in [0.2, 0.25) is 0 Å². The van der Waals surface area contributed by atoms with Gasteiger partial charge in [-0.3, -0.25) is 0 Å². The van der Waals surface area contributed by atoms with E-state index < -0.39 is 0 Å². The molecule has 0 saturated heterocycles. The van der Waals surface area contributed by atoms with Gasteiger partial charge in [0, 0.05) is 55.5 Å². The molecular formula is C42H33N4OPt-3. The quantitative estimate of drug-likeness (QED) is 0.157. The van der Waals surface area contributed by atoms with Gasteiger partial charge in [-0.25, -0.2) is 0 Å². The van der Waals surface area contributed by atoms with Gasteiger partial charge in [0.1, 0.15) is 5.82 Å². The topological polar surface area (TPSA) is 33.5 Å². The fourth-order valence-electron chi connectivity index (χ4n) is 6.10. The third kappa shape index (κ3) is 5.91. The minimum atomic E-state index is 0. The van der Waals surface area contributed by atoms with E-state index in [1.54, 1.807) is 0 Å². The van der Waals surface area contributed by atoms with Crippen LogP contribution < -0.4 is 14.5 Å². The minimum absolute atomic E-state index is 0. The first kappa shape index (κ1) is 31.5. The largest absolute Gasteiger partial charge is 0.493 e. The molecule has 0 fully saturated rings. The Hall–Kier alpha value is -5.12. The Morgan fingerprint density at radius 1 is 0.708 bits per heavy atom. The van der Waals surface area contributed by atoms with Gasteiger partial charge < -0.3 is 19.1 Å². The third-order valence-corrected chi connectivity index (χ3v) is 8.53. The summed E-state index contributed by atoms with van der Waals surface area (Å²) in [4.78, 5) is 9.28. The Labute approximate surface area is 296 Å². The predicted octanol–water partition coefficient (Wildman–Crippen LogP) is 10.8. The molecule has 0 unspecified atom stereocenters. The molecule has 240 valence electrons. The number of benzene rings is 5. The number of nitrogens with zero attached hydrogens (tertiary/aromatic N) is 4. The summed E-state index contributed by atoms with van der Waals surface area (Å²) in [7, 11) is 0. The fraction of sp³-hybridized carbons (Fsp3) is 0.0952. The molecule has 0 amide bonds. The van der Waals surface area contributed by atoms with E-state index in [9.17, 15) is 0 Å². The van der Waals surface area contributed by atoms with Crippen molar-refractivity contribution in [1.82, 2.24) is 9.55 Å². The van der Waals surface area contributed by atoms with Crippen LogP contribution in [0.25, 0.3) is 27.8 Å². The Bertz CT molecular complexity index is 2220. The van der Waals surface area contributed by atoms with Crippen molar-refractivity contribution in [3.05, 3.63) is 164 Å². The van der Waals surface area contributed by atoms with Crippen molar-refractivity contribution in [3.8, 4) is 28.6 Å². The maximum absolute atomic E-state index is 6.31. The van der Waals surface area contributed by atoms with Gasteiger partial charge >= 0.3 is 0 Å². The van der Waals surface area contributed by atoms with Crippen LogP contribution in [0.4, 0.5) is 22.7 Å². The van der Waals surface area contributed by atoms with Crippen molar-refractivity contribution >= 4 is 33.7 Å². The first-order valence-electron chi connectivity index (χ1n) is 15.8. The van der Waals surface area contributed by atoms with E-state index in [1.807, 2.05) is 53.2 Å². The number of anilines is 4. The maximum Gasteiger partial charge on any atom is 0.218 e. The summed E-state index contributed by atoms with van der Waals surface area (Å²) < 4.78 is 8.33. The number of aromatic nitrogens is 2. The smallest absolute Gasteiger partial charge is 0.218 e. The molecule has 2 aromatic heterocycles. The summed E-state index contributed by atoms with van der Waals surface area (Å²) in [5.74, 6) is 1.84. The van der Waals surface area contributed by atoms with Crippen LogP contribution in [0.1, 0.15) is 26.3 Å². The number of fused-ring (bicyclic) bond motifs is 2. The second-order valence-electron chi connectivity index (χ2n) is 12.7. The van der Waals surface area contributed by atoms with E-state index in [2.05, 4.69) is 140 Å². The molecule has 5 nitrogen and oxygen atoms in total. The molecule has 0 radical (unpaired) electrons. The van der Waals surface area contributed by atoms with Crippen molar-refractivity contribution in [2.24, 2.45) is 0 Å². The standard InChI is InChI=1S/C42H33N4O.Pt/c1-42(2,3)32-23-24-35(30-13-5-4-6-14-30)39(27-32)46-29-45(37-19-9-10-20-38(37)46)33-16-11-17-34(28-33)47-41-22-12-21-40(43-41)44-26-25-31-15-7-8-18-36(31)44;/h4-17,19-27,29H,1-3H3;/q-3;. The second kappa shape index (κ2) is 12.8. The summed E-state index contributed by atoms with van der Waals surface area (Å²) in [6.07, 6.45) is 2.01. The molecule has 0 spiro atoms. The van der Waals surface area contributed by atoms with Crippen molar-refractivity contribution in [1.29, 1.82) is 0 Å². The number of hydrogen-bond donors (Lipinski definition) is 0. The summed E-state index contributed by atoms with van der Waals surface area (Å²) in [5, 5.41) is 1.11. The van der Waals surface area contributed by atoms with E-state index in [-0.39, 0.29) is 26.5 Å². The molecule has 8 rings (SSSR count). The summed E-state index contributed by atoms with van der Waals surface area (Å²) >= 11 is 0. The van der Waals surface area contributed by atoms with E-state index in [1.165, 1.54) is 16.7 Å². The zero-order valence-electron chi connectivity index (χ0n) is 26.9. The molecule has 5 aromatic carbocycles. The molecular weight excluding hydrogens is 772 g/mol. The Morgan fingerprint density at radius 3 is 2.29 bits per heavy atom. The molecule has 0 aliphatic carbocycles. The summed E-state index contributed by atoms with van der Waals surface area (Å²) in [6, 6.07) is 52.5. The Morgan fingerprint density at radius 2 is 1.48 bits per heavy atom. The molecule has 3 heterocycles. The molecule has 0 N–H and O–H groups in total. The van der Waals surface area contributed by atoms with Gasteiger partial charge in [0.2, 0.25) is 5.88 Å². The number of pyridine rings is 1. The first-order chi connectivity index (χ1) is 22.9. The van der Waals surface area contributed by atoms with Crippen LogP contribution in [0.3, 0.4) is 0 Å². The van der Waals surface area contributed by atoms with Crippen LogP contribution in [0, 0.1) is 18.8 Å². The van der Waals surface area contributed by atoms with E-state index in [0.717, 1.165) is 39.5 Å². The van der Waals surface area contributed by atoms with Gasteiger partial charge in [-0.2, -0.15) is 35.3 Å². The monoisotopic (exact) mass is 804 g/mol. The number of para-hydroxylation sites is 3. The van der Waals surface area contributed by atoms with Crippen molar-refractivity contribution in [2.45, 2.75) is 26.2 Å². The van der Waals surface area contributed by atoms with Gasteiger partial charge in [0.05, 0.1) is 0 Å². The number of ether oxygens (including phenoxy) is 1. The van der Waals surface area contributed by atoms with Crippen LogP contribution in [-0.4, -0.2) is 9.55 Å². The van der Waals surface area contributed by atoms with Crippen LogP contribution in [0.5, 0.6) is 11.6 Å². The predicted molar refractivity (Wildman–Crippen MR) is 191 cm³/mol. The molecule has 48 heavy (non-hydrogen) atoms. The normalized spacial score (nSPS) is 12.6. The molecule has 6 heteroatoms. The fourth-order valence-corrected chi connectivity index (χ4v) is 6.10. The second-order valence-corrected chi connectivity index (χ2v) is 12.7. The van der Waals surface area contributed by atoms with Crippen molar-refractivity contribution in [2.75, 3.05) is 9.80 Å². The molecule has 1 aliphatic heterocycles. The van der Waals surface area contributed by atoms with Gasteiger partial charge in [0.25, 0.3) is 0 Å². The van der Waals surface area contributed by atoms with Crippen LogP contribution in [-0.2, 0) is 26.5 Å². The Kier molecular flexibility index (Phi) is 8.41. The van der Waals surface area contributed by atoms with Crippen LogP contribution in [0.15, 0.2) is 140 Å². The summed E-state index contributed by atoms with van der Waals surface area (Å²) in [6.45, 7) is 8.92. The van der Waals surface area contributed by atoms with Crippen molar-refractivity contribution in [3.63, 3.8) is 0 Å². The molecule has 0 saturated carbocycles. The first-order valence-corrected chi connectivity index (χ1v) is 15.8. The number of rotatable bonds is 6. The van der Waals surface area contributed by atoms with E-state index >= 15 is 0 Å². The molecule has 0 bridgehead atoms. The van der Waals surface area contributed by atoms with Gasteiger partial charge in [-0.15, -0.1) is 35.9 Å². The summed E-state index contributed by atoms with van der Waals surface area (Å²) in [5.41, 5.74) is 8.76. The van der Waals surface area contributed by atoms with Gasteiger partial charge in [-0.1, -0.05) is 93.0 Å². The van der Waals surface area contributed by atoms with Gasteiger partial charge in [-0.05, 0) is 47.0 Å². The molecule has 7 aromatic rings. The van der Waals surface area contributed by atoms with Crippen molar-refractivity contribution < 1.29 is 25.8 Å². The third-order valence-electron chi connectivity index (χ3n) is 8.53. The van der Waals surface area contributed by atoms with Crippen LogP contribution >= 0.6 is 0 Å².